The van der Waals surface area contributed by atoms with E-state index in [1.54, 1.807) is 12.1 Å². The van der Waals surface area contributed by atoms with Crippen LogP contribution in [0.1, 0.15) is 23.6 Å². The van der Waals surface area contributed by atoms with Gasteiger partial charge in [-0.05, 0) is 54.2 Å². The second-order valence-corrected chi connectivity index (χ2v) is 10.6. The van der Waals surface area contributed by atoms with Gasteiger partial charge in [0.15, 0.2) is 10.8 Å². The molecule has 0 saturated heterocycles. The minimum atomic E-state index is -1.01. The highest BCUT2D eigenvalue weighted by molar-refractivity contribution is 8.17. The lowest BCUT2D eigenvalue weighted by atomic mass is 9.93. The molecule has 2 aliphatic rings. The summed E-state index contributed by atoms with van der Waals surface area (Å²) in [7, 11) is 0. The molecule has 0 fully saturated rings. The number of anilines is 2. The second-order valence-electron chi connectivity index (χ2n) is 8.58. The van der Waals surface area contributed by atoms with E-state index in [2.05, 4.69) is 6.07 Å². The molecule has 0 unspecified atom stereocenters. The predicted molar refractivity (Wildman–Crippen MR) is 154 cm³/mol. The molecule has 0 radical (unpaired) electrons. The van der Waals surface area contributed by atoms with E-state index in [0.717, 1.165) is 28.1 Å². The van der Waals surface area contributed by atoms with Crippen molar-refractivity contribution < 1.29 is 4.79 Å². The molecule has 0 bridgehead atoms. The quantitative estimate of drug-likeness (QED) is 0.267. The summed E-state index contributed by atoms with van der Waals surface area (Å²) in [6.07, 6.45) is 0. The molecule has 4 aromatic carbocycles. The molecule has 182 valence electrons. The molecule has 1 atom stereocenters. The first-order valence-corrected chi connectivity index (χ1v) is 13.2. The number of nitrogens with zero attached hydrogens (tertiary/aromatic N) is 4. The van der Waals surface area contributed by atoms with Crippen LogP contribution in [0.25, 0.3) is 0 Å². The van der Waals surface area contributed by atoms with Crippen molar-refractivity contribution in [3.63, 3.8) is 0 Å². The van der Waals surface area contributed by atoms with Crippen molar-refractivity contribution in [3.05, 3.63) is 130 Å². The molecule has 0 aliphatic carbocycles. The van der Waals surface area contributed by atoms with Gasteiger partial charge < -0.3 is 0 Å². The predicted octanol–water partition coefficient (Wildman–Crippen LogP) is 7.53. The Morgan fingerprint density at radius 3 is 2.00 bits per heavy atom. The molecular weight excluding hydrogens is 523 g/mol. The van der Waals surface area contributed by atoms with E-state index in [1.807, 2.05) is 94.9 Å². The fourth-order valence-corrected chi connectivity index (χ4v) is 6.26. The van der Waals surface area contributed by atoms with Crippen LogP contribution < -0.4 is 10.0 Å². The number of halogens is 2. The number of carbonyl (C=O) groups is 1. The van der Waals surface area contributed by atoms with Crippen molar-refractivity contribution >= 4 is 62.9 Å². The average molecular weight is 543 g/mol. The van der Waals surface area contributed by atoms with E-state index in [0.29, 0.717) is 20.8 Å². The number of ketones is 1. The maximum Gasteiger partial charge on any atom is 0.234 e. The summed E-state index contributed by atoms with van der Waals surface area (Å²) in [5.41, 5.74) is 4.88. The van der Waals surface area contributed by atoms with Crippen molar-refractivity contribution in [2.75, 3.05) is 10.0 Å². The molecule has 8 heteroatoms. The summed E-state index contributed by atoms with van der Waals surface area (Å²) < 4.78 is 0. The van der Waals surface area contributed by atoms with Crippen LogP contribution >= 0.6 is 35.0 Å². The van der Waals surface area contributed by atoms with E-state index in [9.17, 15) is 4.79 Å². The number of hydrazone groups is 2. The van der Waals surface area contributed by atoms with Crippen molar-refractivity contribution in [1.29, 1.82) is 0 Å². The highest BCUT2D eigenvalue weighted by Gasteiger charge is 2.55. The maximum absolute atomic E-state index is 12.7. The van der Waals surface area contributed by atoms with Crippen molar-refractivity contribution in [2.45, 2.75) is 11.9 Å². The third-order valence-corrected chi connectivity index (χ3v) is 8.20. The van der Waals surface area contributed by atoms with Crippen LogP contribution in [-0.2, 0) is 9.79 Å². The van der Waals surface area contributed by atoms with Gasteiger partial charge in [0, 0.05) is 28.6 Å². The van der Waals surface area contributed by atoms with Gasteiger partial charge in [0.05, 0.1) is 16.4 Å². The molecule has 37 heavy (non-hydrogen) atoms. The lowest BCUT2D eigenvalue weighted by Gasteiger charge is -2.47. The van der Waals surface area contributed by atoms with Gasteiger partial charge in [0.25, 0.3) is 0 Å². The molecule has 1 spiro atoms. The van der Waals surface area contributed by atoms with Crippen LogP contribution in [0.15, 0.2) is 113 Å². The molecule has 4 aromatic rings. The zero-order valence-corrected chi connectivity index (χ0v) is 22.0. The Kier molecular flexibility index (Phi) is 6.03. The topological polar surface area (TPSA) is 48.3 Å². The summed E-state index contributed by atoms with van der Waals surface area (Å²) in [5, 5.41) is 15.4. The maximum atomic E-state index is 12.7. The summed E-state index contributed by atoms with van der Waals surface area (Å²) in [6, 6.07) is 33.1. The monoisotopic (exact) mass is 542 g/mol. The van der Waals surface area contributed by atoms with Crippen molar-refractivity contribution in [3.8, 4) is 0 Å². The Morgan fingerprint density at radius 1 is 0.757 bits per heavy atom. The average Bonchev–Trinajstić information content (AvgIpc) is 3.33. The summed E-state index contributed by atoms with van der Waals surface area (Å²) in [4.78, 5) is 11.7. The third kappa shape index (κ3) is 3.93. The lowest BCUT2D eigenvalue weighted by molar-refractivity contribution is -0.110. The smallest absolute Gasteiger partial charge is 0.234 e. The number of fused-ring (bicyclic) bond motifs is 2. The number of hydrogen-bond donors (Lipinski definition) is 0. The normalized spacial score (nSPS) is 18.5. The molecular formula is C29H20Cl2N4OS. The van der Waals surface area contributed by atoms with Gasteiger partial charge in [-0.1, -0.05) is 83.9 Å². The zero-order valence-electron chi connectivity index (χ0n) is 19.7. The van der Waals surface area contributed by atoms with Crippen molar-refractivity contribution in [1.82, 2.24) is 0 Å². The minimum Gasteiger partial charge on any atom is -0.292 e. The van der Waals surface area contributed by atoms with E-state index in [-0.39, 0.29) is 5.78 Å². The Bertz CT molecular complexity index is 1580. The van der Waals surface area contributed by atoms with Crippen LogP contribution in [0.5, 0.6) is 0 Å². The Labute approximate surface area is 229 Å². The van der Waals surface area contributed by atoms with Crippen LogP contribution in [0.2, 0.25) is 10.0 Å². The number of carbonyl (C=O) groups excluding carboxylic acids is 1. The number of rotatable bonds is 4. The van der Waals surface area contributed by atoms with Gasteiger partial charge in [0.2, 0.25) is 4.99 Å². The first-order chi connectivity index (χ1) is 18.0. The lowest BCUT2D eigenvalue weighted by Crippen LogP contribution is -2.54. The minimum absolute atomic E-state index is 0.110. The number of Topliss-reactive ketones (excluding diaryl/α,β-unsaturated/α-hetero) is 1. The molecule has 2 heterocycles. The third-order valence-electron chi connectivity index (χ3n) is 6.22. The zero-order chi connectivity index (χ0) is 25.6. The highest BCUT2D eigenvalue weighted by atomic mass is 35.5. The molecule has 2 aliphatic heterocycles. The van der Waals surface area contributed by atoms with Gasteiger partial charge in [-0.3, -0.25) is 4.79 Å². The SMILES string of the molecule is CC(=O)C1=NN(c2ccccc2)[C@@]2(S1)c1ccccc1C(c1cc(Cl)ccc1Cl)=NN2c1ccccc1. The van der Waals surface area contributed by atoms with Crippen LogP contribution in [0, 0.1) is 0 Å². The Hall–Kier alpha value is -3.58. The standard InChI is InChI=1S/C29H20Cl2N4OS/c1-19(36)28-33-35(22-12-6-3-7-13-22)29(37-28)25-15-9-8-14-23(25)27(24-18-20(30)16-17-26(24)31)32-34(29)21-10-4-2-5-11-21/h2-18H,1H3/t29-/m1/s1. The number of thioether (sulfide) groups is 1. The summed E-state index contributed by atoms with van der Waals surface area (Å²) in [6.45, 7) is 1.54. The van der Waals surface area contributed by atoms with Crippen LogP contribution in [0.3, 0.4) is 0 Å². The Morgan fingerprint density at radius 2 is 1.35 bits per heavy atom. The van der Waals surface area contributed by atoms with Gasteiger partial charge in [-0.2, -0.15) is 10.2 Å². The molecule has 6 rings (SSSR count). The molecule has 0 amide bonds. The first kappa shape index (κ1) is 23.8. The molecule has 0 N–H and O–H groups in total. The van der Waals surface area contributed by atoms with E-state index in [1.165, 1.54) is 18.7 Å². The van der Waals surface area contributed by atoms with E-state index >= 15 is 0 Å². The van der Waals surface area contributed by atoms with Gasteiger partial charge in [0.1, 0.15) is 5.71 Å². The summed E-state index contributed by atoms with van der Waals surface area (Å²) >= 11 is 14.5. The number of para-hydroxylation sites is 2. The highest BCUT2D eigenvalue weighted by Crippen LogP contribution is 2.55. The molecule has 5 nitrogen and oxygen atoms in total. The number of benzene rings is 4. The fourth-order valence-electron chi connectivity index (χ4n) is 4.59. The van der Waals surface area contributed by atoms with Crippen LogP contribution in [-0.4, -0.2) is 16.5 Å². The molecule has 0 saturated carbocycles. The molecule has 0 aromatic heterocycles. The largest absolute Gasteiger partial charge is 0.292 e. The summed E-state index contributed by atoms with van der Waals surface area (Å²) in [5.74, 6) is -0.110. The van der Waals surface area contributed by atoms with E-state index in [4.69, 9.17) is 33.4 Å². The first-order valence-electron chi connectivity index (χ1n) is 11.6. The second kappa shape index (κ2) is 9.38. The fraction of sp³-hybridized carbons (Fsp3) is 0.0690. The van der Waals surface area contributed by atoms with Crippen molar-refractivity contribution in [2.24, 2.45) is 10.2 Å². The van der Waals surface area contributed by atoms with Crippen LogP contribution in [0.4, 0.5) is 11.4 Å². The van der Waals surface area contributed by atoms with Gasteiger partial charge >= 0.3 is 0 Å². The Balaban J connectivity index is 1.68. The number of hydrogen-bond acceptors (Lipinski definition) is 6. The van der Waals surface area contributed by atoms with Gasteiger partial charge in [-0.25, -0.2) is 10.0 Å². The van der Waals surface area contributed by atoms with Gasteiger partial charge in [-0.15, -0.1) is 0 Å². The van der Waals surface area contributed by atoms with E-state index < -0.39 is 4.99 Å².